The van der Waals surface area contributed by atoms with Crippen molar-refractivity contribution in [1.82, 2.24) is 9.55 Å². The van der Waals surface area contributed by atoms with E-state index in [1.807, 2.05) is 6.92 Å². The van der Waals surface area contributed by atoms with Crippen LogP contribution in [-0.2, 0) is 6.54 Å². The number of nitrogens with zero attached hydrogens (tertiary/aromatic N) is 2. The Morgan fingerprint density at radius 3 is 2.78 bits per heavy atom. The predicted octanol–water partition coefficient (Wildman–Crippen LogP) is 3.14. The summed E-state index contributed by atoms with van der Waals surface area (Å²) in [5.41, 5.74) is 1.65. The van der Waals surface area contributed by atoms with Crippen LogP contribution in [0.5, 0.6) is 0 Å². The van der Waals surface area contributed by atoms with Crippen LogP contribution in [0.3, 0.4) is 0 Å². The monoisotopic (exact) mass is 310 g/mol. The molecule has 0 N–H and O–H groups in total. The molecule has 0 aliphatic carbocycles. The van der Waals surface area contributed by atoms with Crippen LogP contribution in [0.1, 0.15) is 12.5 Å². The number of hydrogen-bond acceptors (Lipinski definition) is 2. The Hall–Kier alpha value is -1.49. The second kappa shape index (κ2) is 5.02. The summed E-state index contributed by atoms with van der Waals surface area (Å²) in [6.07, 6.45) is 1.50. The maximum Gasteiger partial charge on any atom is 0.268 e. The third-order valence-corrected chi connectivity index (χ3v) is 3.47. The van der Waals surface area contributed by atoms with Gasteiger partial charge in [-0.1, -0.05) is 0 Å². The number of halogens is 2. The quantitative estimate of drug-likeness (QED) is 0.854. The van der Waals surface area contributed by atoms with Crippen molar-refractivity contribution in [3.63, 3.8) is 0 Å². The Bertz CT molecular complexity index is 652. The van der Waals surface area contributed by atoms with E-state index >= 15 is 0 Å². The van der Waals surface area contributed by atoms with E-state index in [0.29, 0.717) is 22.3 Å². The highest BCUT2D eigenvalue weighted by atomic mass is 79.9. The predicted molar refractivity (Wildman–Crippen MR) is 72.0 cm³/mol. The lowest BCUT2D eigenvalue weighted by Gasteiger charge is -2.07. The summed E-state index contributed by atoms with van der Waals surface area (Å²) in [5.74, 6) is -0.267. The molecule has 2 aromatic rings. The number of benzene rings is 1. The highest BCUT2D eigenvalue weighted by Gasteiger charge is 2.11. The molecule has 0 radical (unpaired) electrons. The standard InChI is InChI=1S/C13H12BrFN2O/c1-3-17-7-16-12(11(14)13(17)18)9-4-5-10(15)8(2)6-9/h4-7H,3H2,1-2H3. The maximum atomic E-state index is 13.2. The van der Waals surface area contributed by atoms with E-state index in [2.05, 4.69) is 20.9 Å². The third-order valence-electron chi connectivity index (χ3n) is 2.75. The minimum absolute atomic E-state index is 0.135. The molecule has 1 aromatic heterocycles. The lowest BCUT2D eigenvalue weighted by atomic mass is 10.1. The molecule has 2 rings (SSSR count). The van der Waals surface area contributed by atoms with Gasteiger partial charge < -0.3 is 0 Å². The molecule has 0 aliphatic rings. The van der Waals surface area contributed by atoms with Crippen molar-refractivity contribution in [3.8, 4) is 11.3 Å². The fourth-order valence-corrected chi connectivity index (χ4v) is 2.24. The molecule has 0 fully saturated rings. The van der Waals surface area contributed by atoms with Gasteiger partial charge in [-0.05, 0) is 53.5 Å². The summed E-state index contributed by atoms with van der Waals surface area (Å²) >= 11 is 3.26. The number of aryl methyl sites for hydroxylation is 2. The van der Waals surface area contributed by atoms with E-state index in [1.165, 1.54) is 17.0 Å². The molecule has 1 aromatic carbocycles. The van der Waals surface area contributed by atoms with Gasteiger partial charge in [0.1, 0.15) is 10.3 Å². The van der Waals surface area contributed by atoms with Crippen molar-refractivity contribution in [2.24, 2.45) is 0 Å². The van der Waals surface area contributed by atoms with Gasteiger partial charge in [-0.2, -0.15) is 0 Å². The van der Waals surface area contributed by atoms with Crippen molar-refractivity contribution in [2.75, 3.05) is 0 Å². The smallest absolute Gasteiger partial charge is 0.268 e. The zero-order valence-electron chi connectivity index (χ0n) is 10.1. The molecule has 0 saturated carbocycles. The average Bonchev–Trinajstić information content (AvgIpc) is 2.36. The minimum Gasteiger partial charge on any atom is -0.299 e. The van der Waals surface area contributed by atoms with Crippen LogP contribution in [0.15, 0.2) is 33.8 Å². The number of rotatable bonds is 2. The maximum absolute atomic E-state index is 13.2. The van der Waals surface area contributed by atoms with E-state index in [1.54, 1.807) is 19.1 Å². The van der Waals surface area contributed by atoms with E-state index in [9.17, 15) is 9.18 Å². The Balaban J connectivity index is 2.61. The number of aromatic nitrogens is 2. The molecule has 1 heterocycles. The summed E-state index contributed by atoms with van der Waals surface area (Å²) in [4.78, 5) is 16.2. The van der Waals surface area contributed by atoms with Crippen LogP contribution in [0, 0.1) is 12.7 Å². The molecule has 0 amide bonds. The summed E-state index contributed by atoms with van der Waals surface area (Å²) in [7, 11) is 0. The Morgan fingerprint density at radius 2 is 2.17 bits per heavy atom. The van der Waals surface area contributed by atoms with E-state index < -0.39 is 0 Å². The largest absolute Gasteiger partial charge is 0.299 e. The van der Waals surface area contributed by atoms with E-state index in [4.69, 9.17) is 0 Å². The van der Waals surface area contributed by atoms with Crippen molar-refractivity contribution in [3.05, 3.63) is 50.7 Å². The van der Waals surface area contributed by atoms with Crippen LogP contribution in [-0.4, -0.2) is 9.55 Å². The second-order valence-corrected chi connectivity index (χ2v) is 4.76. The van der Waals surface area contributed by atoms with Gasteiger partial charge in [-0.25, -0.2) is 9.37 Å². The molecule has 0 unspecified atom stereocenters. The van der Waals surface area contributed by atoms with E-state index in [-0.39, 0.29) is 11.4 Å². The average molecular weight is 311 g/mol. The first kappa shape index (κ1) is 13.0. The van der Waals surface area contributed by atoms with Gasteiger partial charge in [-0.15, -0.1) is 0 Å². The molecular formula is C13H12BrFN2O. The van der Waals surface area contributed by atoms with Gasteiger partial charge in [0.2, 0.25) is 0 Å². The van der Waals surface area contributed by atoms with E-state index in [0.717, 1.165) is 5.56 Å². The fourth-order valence-electron chi connectivity index (χ4n) is 1.68. The molecule has 0 aliphatic heterocycles. The van der Waals surface area contributed by atoms with Crippen LogP contribution >= 0.6 is 15.9 Å². The third kappa shape index (κ3) is 2.22. The van der Waals surface area contributed by atoms with Crippen LogP contribution in [0.2, 0.25) is 0 Å². The molecule has 0 spiro atoms. The van der Waals surface area contributed by atoms with Gasteiger partial charge >= 0.3 is 0 Å². The van der Waals surface area contributed by atoms with Gasteiger partial charge in [0.15, 0.2) is 0 Å². The molecule has 3 nitrogen and oxygen atoms in total. The van der Waals surface area contributed by atoms with Crippen LogP contribution < -0.4 is 5.56 Å². The molecule has 5 heteroatoms. The second-order valence-electron chi connectivity index (χ2n) is 3.96. The summed E-state index contributed by atoms with van der Waals surface area (Å²) in [5, 5.41) is 0. The van der Waals surface area contributed by atoms with Crippen LogP contribution in [0.25, 0.3) is 11.3 Å². The highest BCUT2D eigenvalue weighted by molar-refractivity contribution is 9.10. The first-order valence-corrected chi connectivity index (χ1v) is 6.35. The Kier molecular flexibility index (Phi) is 3.61. The Morgan fingerprint density at radius 1 is 1.44 bits per heavy atom. The zero-order chi connectivity index (χ0) is 13.3. The van der Waals surface area contributed by atoms with Crippen molar-refractivity contribution >= 4 is 15.9 Å². The van der Waals surface area contributed by atoms with Gasteiger partial charge in [0, 0.05) is 12.1 Å². The molecule has 0 bridgehead atoms. The van der Waals surface area contributed by atoms with Crippen LogP contribution in [0.4, 0.5) is 4.39 Å². The topological polar surface area (TPSA) is 34.9 Å². The molecule has 18 heavy (non-hydrogen) atoms. The minimum atomic E-state index is -0.267. The van der Waals surface area contributed by atoms with Crippen molar-refractivity contribution < 1.29 is 4.39 Å². The van der Waals surface area contributed by atoms with Crippen molar-refractivity contribution in [1.29, 1.82) is 0 Å². The summed E-state index contributed by atoms with van der Waals surface area (Å²) < 4.78 is 15.1. The number of hydrogen-bond donors (Lipinski definition) is 0. The first-order chi connectivity index (χ1) is 8.54. The fraction of sp³-hybridized carbons (Fsp3) is 0.231. The normalized spacial score (nSPS) is 10.7. The van der Waals surface area contributed by atoms with Gasteiger partial charge in [0.25, 0.3) is 5.56 Å². The SMILES string of the molecule is CCn1cnc(-c2ccc(F)c(C)c2)c(Br)c1=O. The molecule has 0 saturated heterocycles. The van der Waals surface area contributed by atoms with Gasteiger partial charge in [0.05, 0.1) is 12.0 Å². The highest BCUT2D eigenvalue weighted by Crippen LogP contribution is 2.24. The van der Waals surface area contributed by atoms with Gasteiger partial charge in [-0.3, -0.25) is 9.36 Å². The lowest BCUT2D eigenvalue weighted by molar-refractivity contribution is 0.618. The van der Waals surface area contributed by atoms with Crippen molar-refractivity contribution in [2.45, 2.75) is 20.4 Å². The Labute approximate surface area is 112 Å². The zero-order valence-corrected chi connectivity index (χ0v) is 11.7. The first-order valence-electron chi connectivity index (χ1n) is 5.56. The molecule has 0 atom stereocenters. The molecular weight excluding hydrogens is 299 g/mol. The lowest BCUT2D eigenvalue weighted by Crippen LogP contribution is -2.20. The summed E-state index contributed by atoms with van der Waals surface area (Å²) in [6.45, 7) is 4.12. The summed E-state index contributed by atoms with van der Waals surface area (Å²) in [6, 6.07) is 4.67. The molecule has 94 valence electrons.